The van der Waals surface area contributed by atoms with Gasteiger partial charge in [-0.05, 0) is 12.8 Å². The maximum absolute atomic E-state index is 11.6. The fraction of sp³-hybridized carbons (Fsp3) is 0.889. The Morgan fingerprint density at radius 2 is 1.83 bits per heavy atom. The first-order chi connectivity index (χ1) is 8.09. The molecule has 7 nitrogen and oxygen atoms in total. The smallest absolute Gasteiger partial charge is 0.332 e. The zero-order chi connectivity index (χ0) is 14.0. The van der Waals surface area contributed by atoms with Crippen molar-refractivity contribution in [1.82, 2.24) is 0 Å². The number of carboxylic acid groups (broad SMARTS) is 1. The van der Waals surface area contributed by atoms with Crippen LogP contribution in [0.5, 0.6) is 0 Å². The second-order valence-corrected chi connectivity index (χ2v) is 8.90. The van der Waals surface area contributed by atoms with Crippen LogP contribution in [0.2, 0.25) is 0 Å². The van der Waals surface area contributed by atoms with Crippen LogP contribution in [0.3, 0.4) is 0 Å². The third-order valence-electron chi connectivity index (χ3n) is 2.59. The number of hydrogen-bond acceptors (Lipinski definition) is 6. The van der Waals surface area contributed by atoms with Gasteiger partial charge >= 0.3 is 5.97 Å². The summed E-state index contributed by atoms with van der Waals surface area (Å²) >= 11 is 0. The molecule has 1 saturated heterocycles. The Hall–Kier alpha value is -0.670. The van der Waals surface area contributed by atoms with Crippen molar-refractivity contribution in [2.75, 3.05) is 23.5 Å². The Balaban J connectivity index is 2.50. The second kappa shape index (κ2) is 5.54. The molecule has 1 N–H and O–H groups in total. The highest BCUT2D eigenvalue weighted by atomic mass is 32.2. The topological polar surface area (TPSA) is 115 Å². The first kappa shape index (κ1) is 15.4. The normalized spacial score (nSPS) is 25.2. The van der Waals surface area contributed by atoms with Gasteiger partial charge in [0.2, 0.25) is 0 Å². The van der Waals surface area contributed by atoms with Gasteiger partial charge in [0.1, 0.15) is 9.84 Å². The van der Waals surface area contributed by atoms with Crippen molar-refractivity contribution in [2.24, 2.45) is 0 Å². The minimum Gasteiger partial charge on any atom is -0.479 e. The fourth-order valence-corrected chi connectivity index (χ4v) is 4.86. The molecule has 2 atom stereocenters. The Morgan fingerprint density at radius 3 is 2.28 bits per heavy atom. The summed E-state index contributed by atoms with van der Waals surface area (Å²) in [5.41, 5.74) is 0. The Labute approximate surface area is 106 Å². The predicted octanol–water partition coefficient (Wildman–Crippen LogP) is -0.922. The molecule has 0 spiro atoms. The lowest BCUT2D eigenvalue weighted by molar-refractivity contribution is -0.148. The second-order valence-electron chi connectivity index (χ2n) is 4.41. The van der Waals surface area contributed by atoms with Gasteiger partial charge in [0.05, 0.1) is 23.4 Å². The van der Waals surface area contributed by atoms with Gasteiger partial charge in [-0.1, -0.05) is 0 Å². The van der Waals surface area contributed by atoms with Crippen molar-refractivity contribution < 1.29 is 31.5 Å². The molecule has 1 fully saturated rings. The Morgan fingerprint density at radius 1 is 1.22 bits per heavy atom. The van der Waals surface area contributed by atoms with Crippen molar-refractivity contribution in [3.8, 4) is 0 Å². The summed E-state index contributed by atoms with van der Waals surface area (Å²) in [5.74, 6) is -2.31. The number of rotatable bonds is 6. The zero-order valence-corrected chi connectivity index (χ0v) is 11.5. The van der Waals surface area contributed by atoms with Crippen molar-refractivity contribution >= 4 is 25.6 Å². The van der Waals surface area contributed by atoms with Crippen LogP contribution in [0.25, 0.3) is 0 Å². The molecule has 0 aromatic carbocycles. The van der Waals surface area contributed by atoms with E-state index in [0.717, 1.165) is 6.26 Å². The highest BCUT2D eigenvalue weighted by Crippen LogP contribution is 2.21. The monoisotopic (exact) mass is 300 g/mol. The molecule has 1 aliphatic heterocycles. The van der Waals surface area contributed by atoms with Crippen LogP contribution in [0.1, 0.15) is 12.8 Å². The molecule has 0 amide bonds. The molecule has 18 heavy (non-hydrogen) atoms. The van der Waals surface area contributed by atoms with Gasteiger partial charge < -0.3 is 9.84 Å². The minimum absolute atomic E-state index is 0.279. The van der Waals surface area contributed by atoms with Gasteiger partial charge in [-0.2, -0.15) is 0 Å². The van der Waals surface area contributed by atoms with Gasteiger partial charge in [0, 0.05) is 6.26 Å². The molecular formula is C9H16O7S2. The Bertz CT molecular complexity index is 505. The lowest BCUT2D eigenvalue weighted by Gasteiger charge is -2.11. The number of carboxylic acids is 1. The first-order valence-electron chi connectivity index (χ1n) is 5.35. The summed E-state index contributed by atoms with van der Waals surface area (Å²) in [5, 5.41) is 8.69. The molecule has 1 aliphatic rings. The lowest BCUT2D eigenvalue weighted by Crippen LogP contribution is -2.28. The van der Waals surface area contributed by atoms with E-state index >= 15 is 0 Å². The molecule has 1 rings (SSSR count). The van der Waals surface area contributed by atoms with Gasteiger partial charge in [0.25, 0.3) is 0 Å². The van der Waals surface area contributed by atoms with Crippen molar-refractivity contribution in [3.05, 3.63) is 0 Å². The number of hydrogen-bond donors (Lipinski definition) is 1. The van der Waals surface area contributed by atoms with Crippen LogP contribution in [0.15, 0.2) is 0 Å². The van der Waals surface area contributed by atoms with Gasteiger partial charge in [-0.25, -0.2) is 21.6 Å². The van der Waals surface area contributed by atoms with E-state index in [1.807, 2.05) is 0 Å². The van der Waals surface area contributed by atoms with Gasteiger partial charge in [0.15, 0.2) is 15.9 Å². The minimum atomic E-state index is -3.54. The molecule has 0 aromatic rings. The van der Waals surface area contributed by atoms with Crippen LogP contribution in [-0.2, 0) is 29.2 Å². The van der Waals surface area contributed by atoms with Crippen LogP contribution in [0, 0.1) is 0 Å². The number of ether oxygens (including phenoxy) is 1. The van der Waals surface area contributed by atoms with E-state index in [1.54, 1.807) is 0 Å². The van der Waals surface area contributed by atoms with Crippen LogP contribution >= 0.6 is 0 Å². The quantitative estimate of drug-likeness (QED) is 0.674. The maximum atomic E-state index is 11.6. The average molecular weight is 300 g/mol. The molecule has 0 bridgehead atoms. The molecule has 0 aromatic heterocycles. The maximum Gasteiger partial charge on any atom is 0.332 e. The highest BCUT2D eigenvalue weighted by Gasteiger charge is 2.33. The standard InChI is InChI=1S/C9H16O7S2/c1-17(12,13)4-5-18(14,15)6-7-2-3-8(16-7)9(10)11/h7-8H,2-6H2,1H3,(H,10,11). The van der Waals surface area contributed by atoms with Crippen LogP contribution in [0.4, 0.5) is 0 Å². The summed E-state index contributed by atoms with van der Waals surface area (Å²) in [6, 6.07) is 0. The van der Waals surface area contributed by atoms with E-state index in [-0.39, 0.29) is 12.2 Å². The third-order valence-corrected chi connectivity index (χ3v) is 5.50. The average Bonchev–Trinajstić information content (AvgIpc) is 2.62. The SMILES string of the molecule is CS(=O)(=O)CCS(=O)(=O)CC1CCC(C(=O)O)O1. The number of aliphatic carboxylic acids is 1. The zero-order valence-electron chi connectivity index (χ0n) is 9.90. The largest absolute Gasteiger partial charge is 0.479 e. The van der Waals surface area contributed by atoms with Crippen molar-refractivity contribution in [1.29, 1.82) is 0 Å². The number of carbonyl (C=O) groups is 1. The summed E-state index contributed by atoms with van der Waals surface area (Å²) in [6.45, 7) is 0. The molecule has 106 valence electrons. The first-order valence-corrected chi connectivity index (χ1v) is 9.24. The summed E-state index contributed by atoms with van der Waals surface area (Å²) in [7, 11) is -6.87. The Kier molecular flexibility index (Phi) is 4.73. The van der Waals surface area contributed by atoms with E-state index in [4.69, 9.17) is 9.84 Å². The van der Waals surface area contributed by atoms with Crippen LogP contribution in [-0.4, -0.2) is 63.6 Å². The molecule has 1 heterocycles. The van der Waals surface area contributed by atoms with E-state index < -0.39 is 49.4 Å². The molecule has 0 radical (unpaired) electrons. The molecule has 0 saturated carbocycles. The van der Waals surface area contributed by atoms with Crippen molar-refractivity contribution in [3.63, 3.8) is 0 Å². The molecule has 2 unspecified atom stereocenters. The molecule has 9 heteroatoms. The van der Waals surface area contributed by atoms with Gasteiger partial charge in [-0.3, -0.25) is 0 Å². The third kappa shape index (κ3) is 5.32. The number of sulfone groups is 2. The summed E-state index contributed by atoms with van der Waals surface area (Å²) in [6.07, 6.45) is -0.0121. The van der Waals surface area contributed by atoms with E-state index in [1.165, 1.54) is 0 Å². The van der Waals surface area contributed by atoms with Crippen LogP contribution < -0.4 is 0 Å². The van der Waals surface area contributed by atoms with Gasteiger partial charge in [-0.15, -0.1) is 0 Å². The van der Waals surface area contributed by atoms with E-state index in [2.05, 4.69) is 0 Å². The fourth-order valence-electron chi connectivity index (χ4n) is 1.65. The molecular weight excluding hydrogens is 284 g/mol. The van der Waals surface area contributed by atoms with Crippen molar-refractivity contribution in [2.45, 2.75) is 25.0 Å². The lowest BCUT2D eigenvalue weighted by atomic mass is 10.2. The predicted molar refractivity (Wildman–Crippen MR) is 63.9 cm³/mol. The van der Waals surface area contributed by atoms with E-state index in [9.17, 15) is 21.6 Å². The highest BCUT2D eigenvalue weighted by molar-refractivity contribution is 7.94. The summed E-state index contributed by atoms with van der Waals surface area (Å²) < 4.78 is 50.1. The van der Waals surface area contributed by atoms with E-state index in [0.29, 0.717) is 6.42 Å². The molecule has 0 aliphatic carbocycles. The summed E-state index contributed by atoms with van der Waals surface area (Å²) in [4.78, 5) is 10.6.